The minimum absolute atomic E-state index is 0.884. The molecule has 0 bridgehead atoms. The number of rotatable bonds is 1. The summed E-state index contributed by atoms with van der Waals surface area (Å²) in [5, 5.41) is 0. The van der Waals surface area contributed by atoms with E-state index in [-0.39, 0.29) is 0 Å². The second-order valence-corrected chi connectivity index (χ2v) is 3.38. The Labute approximate surface area is 42.2 Å². The topological polar surface area (TPSA) is 0 Å². The van der Waals surface area contributed by atoms with Gasteiger partial charge in [-0.15, -0.1) is 0 Å². The van der Waals surface area contributed by atoms with Gasteiger partial charge in [-0.3, -0.25) is 0 Å². The van der Waals surface area contributed by atoms with Crippen LogP contribution < -0.4 is 0 Å². The van der Waals surface area contributed by atoms with Gasteiger partial charge in [-0.2, -0.15) is 0 Å². The zero-order valence-electron chi connectivity index (χ0n) is 3.78. The van der Waals surface area contributed by atoms with Crippen molar-refractivity contribution in [2.75, 3.05) is 0 Å². The molecule has 0 saturated heterocycles. The maximum absolute atomic E-state index is 2.22. The maximum atomic E-state index is 2.22. The van der Waals surface area contributed by atoms with Gasteiger partial charge in [-0.05, 0) is 0 Å². The van der Waals surface area contributed by atoms with Gasteiger partial charge in [0.2, 0.25) is 0 Å². The summed E-state index contributed by atoms with van der Waals surface area (Å²) < 4.78 is 0.884. The van der Waals surface area contributed by atoms with Gasteiger partial charge in [0.1, 0.15) is 0 Å². The predicted octanol–water partition coefficient (Wildman–Crippen LogP) is 1.37. The van der Waals surface area contributed by atoms with Crippen LogP contribution in [0.5, 0.6) is 0 Å². The van der Waals surface area contributed by atoms with Crippen LogP contribution in [0.3, 0.4) is 0 Å². The quantitative estimate of drug-likeness (QED) is 0.470. The van der Waals surface area contributed by atoms with Crippen molar-refractivity contribution in [3.05, 3.63) is 0 Å². The minimum atomic E-state index is 0.884. The second-order valence-electron chi connectivity index (χ2n) is 1.31. The summed E-state index contributed by atoms with van der Waals surface area (Å²) in [7, 11) is 0. The van der Waals surface area contributed by atoms with E-state index in [1.54, 1.807) is 0 Å². The normalized spacial score (nSPS) is 15.0. The van der Waals surface area contributed by atoms with E-state index in [0.29, 0.717) is 0 Å². The van der Waals surface area contributed by atoms with Gasteiger partial charge in [-0.1, -0.05) is 0 Å². The fraction of sp³-hybridized carbons (Fsp3) is 1.00. The van der Waals surface area contributed by atoms with Crippen LogP contribution in [-0.4, -0.2) is 16.5 Å². The molecule has 0 aliphatic heterocycles. The molecule has 3 radical (unpaired) electrons. The fourth-order valence-corrected chi connectivity index (χ4v) is 0. The standard InChI is InChI=1S/C4H9Ge/c1-3-4(2)5/h4H,3H2,1-2H3. The number of hydrogen-bond donors (Lipinski definition) is 0. The average molecular weight is 130 g/mol. The van der Waals surface area contributed by atoms with Crippen molar-refractivity contribution in [2.24, 2.45) is 0 Å². The Bertz CT molecular complexity index is 17.6. The Kier molecular flexibility index (Phi) is 3.06. The molecular weight excluding hydrogens is 121 g/mol. The molecule has 0 spiro atoms. The van der Waals surface area contributed by atoms with Crippen LogP contribution in [0.4, 0.5) is 0 Å². The molecule has 0 aromatic heterocycles. The molecule has 0 nitrogen and oxygen atoms in total. The molecule has 0 rings (SSSR count). The van der Waals surface area contributed by atoms with Crippen LogP contribution >= 0.6 is 0 Å². The summed E-state index contributed by atoms with van der Waals surface area (Å²) >= 11 is 2.22. The molecule has 0 aromatic carbocycles. The van der Waals surface area contributed by atoms with E-state index in [0.717, 1.165) is 4.75 Å². The van der Waals surface area contributed by atoms with E-state index < -0.39 is 0 Å². The van der Waals surface area contributed by atoms with Gasteiger partial charge >= 0.3 is 41.5 Å². The Morgan fingerprint density at radius 3 is 2.00 bits per heavy atom. The molecule has 1 unspecified atom stereocenters. The molecule has 1 atom stereocenters. The third kappa shape index (κ3) is 4.54. The summed E-state index contributed by atoms with van der Waals surface area (Å²) in [6.07, 6.45) is 1.31. The van der Waals surface area contributed by atoms with Crippen molar-refractivity contribution in [3.8, 4) is 0 Å². The van der Waals surface area contributed by atoms with Crippen LogP contribution in [0.15, 0.2) is 0 Å². The first-order valence-corrected chi connectivity index (χ1v) is 3.19. The average Bonchev–Trinajstić information content (AvgIpc) is 1.38. The summed E-state index contributed by atoms with van der Waals surface area (Å²) in [6.45, 7) is 4.42. The van der Waals surface area contributed by atoms with E-state index in [1.165, 1.54) is 6.42 Å². The zero-order chi connectivity index (χ0) is 4.28. The fourth-order valence-electron chi connectivity index (χ4n) is 0. The van der Waals surface area contributed by atoms with Crippen molar-refractivity contribution in [1.29, 1.82) is 0 Å². The molecule has 0 saturated carbocycles. The molecule has 5 heavy (non-hydrogen) atoms. The Morgan fingerprint density at radius 1 is 1.80 bits per heavy atom. The van der Waals surface area contributed by atoms with Crippen LogP contribution in [0.1, 0.15) is 20.3 Å². The van der Waals surface area contributed by atoms with Crippen molar-refractivity contribution in [1.82, 2.24) is 0 Å². The first-order valence-electron chi connectivity index (χ1n) is 1.98. The van der Waals surface area contributed by atoms with Gasteiger partial charge in [0.15, 0.2) is 0 Å². The monoisotopic (exact) mass is 131 g/mol. The van der Waals surface area contributed by atoms with Gasteiger partial charge < -0.3 is 0 Å². The van der Waals surface area contributed by atoms with Crippen molar-refractivity contribution in [2.45, 2.75) is 25.0 Å². The molecule has 1 heteroatoms. The number of hydrogen-bond acceptors (Lipinski definition) is 0. The van der Waals surface area contributed by atoms with E-state index in [2.05, 4.69) is 30.4 Å². The van der Waals surface area contributed by atoms with Crippen LogP contribution in [0.25, 0.3) is 0 Å². The van der Waals surface area contributed by atoms with E-state index in [4.69, 9.17) is 0 Å². The molecule has 0 aromatic rings. The Morgan fingerprint density at radius 2 is 2.00 bits per heavy atom. The summed E-state index contributed by atoms with van der Waals surface area (Å²) in [4.78, 5) is 0. The summed E-state index contributed by atoms with van der Waals surface area (Å²) in [5.74, 6) is 0. The molecule has 0 amide bonds. The van der Waals surface area contributed by atoms with E-state index in [9.17, 15) is 0 Å². The third-order valence-corrected chi connectivity index (χ3v) is 1.47. The first-order chi connectivity index (χ1) is 2.27. The molecular formula is C4H9Ge. The zero-order valence-corrected chi connectivity index (χ0v) is 5.88. The predicted molar refractivity (Wildman–Crippen MR) is 25.5 cm³/mol. The van der Waals surface area contributed by atoms with Crippen LogP contribution in [0.2, 0.25) is 4.75 Å². The molecule has 0 N–H and O–H groups in total. The molecule has 29 valence electrons. The van der Waals surface area contributed by atoms with Crippen LogP contribution in [0, 0.1) is 0 Å². The Hall–Kier alpha value is 0.543. The molecule has 0 aliphatic rings. The first kappa shape index (κ1) is 5.54. The van der Waals surface area contributed by atoms with Gasteiger partial charge in [0.05, 0.1) is 0 Å². The summed E-state index contributed by atoms with van der Waals surface area (Å²) in [6, 6.07) is 0. The molecule has 0 aliphatic carbocycles. The molecule has 0 heterocycles. The van der Waals surface area contributed by atoms with E-state index >= 15 is 0 Å². The van der Waals surface area contributed by atoms with Gasteiger partial charge in [0, 0.05) is 0 Å². The van der Waals surface area contributed by atoms with Gasteiger partial charge in [-0.25, -0.2) is 0 Å². The van der Waals surface area contributed by atoms with Crippen molar-refractivity contribution in [3.63, 3.8) is 0 Å². The third-order valence-electron chi connectivity index (χ3n) is 0.612. The SMILES string of the molecule is CC[CH](C)[Ge]. The van der Waals surface area contributed by atoms with Gasteiger partial charge in [0.25, 0.3) is 0 Å². The van der Waals surface area contributed by atoms with Crippen molar-refractivity contribution >= 4 is 16.5 Å². The second kappa shape index (κ2) is 2.76. The summed E-state index contributed by atoms with van der Waals surface area (Å²) in [5.41, 5.74) is 0. The Balaban J connectivity index is 2.54. The molecule has 0 fully saturated rings. The van der Waals surface area contributed by atoms with E-state index in [1.807, 2.05) is 0 Å². The van der Waals surface area contributed by atoms with Crippen molar-refractivity contribution < 1.29 is 0 Å². The van der Waals surface area contributed by atoms with Crippen LogP contribution in [-0.2, 0) is 0 Å².